The first kappa shape index (κ1) is 28.5. The third-order valence-electron chi connectivity index (χ3n) is 6.01. The number of Topliss-reactive ketones (excluding diaryl/α,β-unsaturated/α-hetero) is 2. The van der Waals surface area contributed by atoms with E-state index in [9.17, 15) is 9.59 Å². The lowest BCUT2D eigenvalue weighted by Crippen LogP contribution is -2.11. The van der Waals surface area contributed by atoms with Gasteiger partial charge in [-0.05, 0) is 37.1 Å². The van der Waals surface area contributed by atoms with E-state index in [4.69, 9.17) is 9.47 Å². The average molecular weight is 482 g/mol. The number of carbonyl (C=O) groups excluding carboxylic acids is 2. The third kappa shape index (κ3) is 12.0. The number of benzene rings is 1. The van der Waals surface area contributed by atoms with Gasteiger partial charge >= 0.3 is 0 Å². The zero-order chi connectivity index (χ0) is 25.1. The van der Waals surface area contributed by atoms with Crippen molar-refractivity contribution in [1.29, 1.82) is 0 Å². The molecule has 0 N–H and O–H groups in total. The number of nitrogens with zero attached hydrogens (tertiary/aromatic N) is 1. The average Bonchev–Trinajstić information content (AvgIpc) is 2.88. The summed E-state index contributed by atoms with van der Waals surface area (Å²) in [4.78, 5) is 29.5. The largest absolute Gasteiger partial charge is 0.493 e. The summed E-state index contributed by atoms with van der Waals surface area (Å²) < 4.78 is 12.0. The Morgan fingerprint density at radius 3 is 1.74 bits per heavy atom. The lowest BCUT2D eigenvalue weighted by Gasteiger charge is -2.12. The summed E-state index contributed by atoms with van der Waals surface area (Å²) in [5, 5.41) is 0. The number of ketones is 2. The van der Waals surface area contributed by atoms with Crippen LogP contribution in [-0.4, -0.2) is 29.8 Å². The van der Waals surface area contributed by atoms with Crippen LogP contribution in [0.25, 0.3) is 0 Å². The molecule has 2 rings (SSSR count). The van der Waals surface area contributed by atoms with E-state index in [0.29, 0.717) is 36.0 Å². The first-order chi connectivity index (χ1) is 17.1. The molecule has 35 heavy (non-hydrogen) atoms. The van der Waals surface area contributed by atoms with Gasteiger partial charge < -0.3 is 9.47 Å². The van der Waals surface area contributed by atoms with Crippen LogP contribution in [0.2, 0.25) is 0 Å². The number of ether oxygens (including phenoxy) is 2. The SMILES string of the molecule is CCCCCCCCOc1cc(OCCCCCCCC)cc(C(=O)CC(=O)c2ccccn2)c1. The van der Waals surface area contributed by atoms with Crippen molar-refractivity contribution in [1.82, 2.24) is 4.98 Å². The highest BCUT2D eigenvalue weighted by Gasteiger charge is 2.17. The Kier molecular flexibility index (Phi) is 14.4. The lowest BCUT2D eigenvalue weighted by atomic mass is 10.0. The normalized spacial score (nSPS) is 10.8. The molecule has 0 atom stereocenters. The summed E-state index contributed by atoms with van der Waals surface area (Å²) >= 11 is 0. The number of unbranched alkanes of at least 4 members (excludes halogenated alkanes) is 10. The zero-order valence-electron chi connectivity index (χ0n) is 21.7. The van der Waals surface area contributed by atoms with Crippen LogP contribution < -0.4 is 9.47 Å². The highest BCUT2D eigenvalue weighted by molar-refractivity contribution is 6.13. The van der Waals surface area contributed by atoms with Crippen molar-refractivity contribution < 1.29 is 19.1 Å². The van der Waals surface area contributed by atoms with Gasteiger partial charge in [0.1, 0.15) is 17.2 Å². The van der Waals surface area contributed by atoms with E-state index in [1.807, 2.05) is 6.07 Å². The highest BCUT2D eigenvalue weighted by Crippen LogP contribution is 2.25. The van der Waals surface area contributed by atoms with E-state index in [0.717, 1.165) is 25.7 Å². The van der Waals surface area contributed by atoms with Crippen LogP contribution in [0, 0.1) is 0 Å². The van der Waals surface area contributed by atoms with Gasteiger partial charge in [-0.2, -0.15) is 0 Å². The fourth-order valence-electron chi connectivity index (χ4n) is 3.91. The van der Waals surface area contributed by atoms with Gasteiger partial charge in [-0.25, -0.2) is 0 Å². The van der Waals surface area contributed by atoms with E-state index in [1.54, 1.807) is 36.5 Å². The molecule has 192 valence electrons. The number of hydrogen-bond donors (Lipinski definition) is 0. The molecule has 0 spiro atoms. The van der Waals surface area contributed by atoms with E-state index in [2.05, 4.69) is 18.8 Å². The number of rotatable bonds is 20. The van der Waals surface area contributed by atoms with Crippen molar-refractivity contribution in [2.24, 2.45) is 0 Å². The Hall–Kier alpha value is -2.69. The second kappa shape index (κ2) is 17.7. The first-order valence-electron chi connectivity index (χ1n) is 13.5. The van der Waals surface area contributed by atoms with E-state index >= 15 is 0 Å². The van der Waals surface area contributed by atoms with Gasteiger partial charge in [0.15, 0.2) is 11.6 Å². The molecule has 0 amide bonds. The summed E-state index contributed by atoms with van der Waals surface area (Å²) in [5.41, 5.74) is 0.739. The minimum Gasteiger partial charge on any atom is -0.493 e. The van der Waals surface area contributed by atoms with Crippen LogP contribution >= 0.6 is 0 Å². The van der Waals surface area contributed by atoms with Crippen LogP contribution in [0.3, 0.4) is 0 Å². The Balaban J connectivity index is 1.96. The quantitative estimate of drug-likeness (QED) is 0.109. The van der Waals surface area contributed by atoms with Gasteiger partial charge in [0.2, 0.25) is 0 Å². The molecule has 1 aromatic heterocycles. The summed E-state index contributed by atoms with van der Waals surface area (Å²) in [6.07, 6.45) is 15.6. The fraction of sp³-hybridized carbons (Fsp3) is 0.567. The minimum atomic E-state index is -0.288. The molecule has 0 unspecified atom stereocenters. The van der Waals surface area contributed by atoms with Gasteiger partial charge in [0.05, 0.1) is 19.6 Å². The maximum Gasteiger partial charge on any atom is 0.188 e. The summed E-state index contributed by atoms with van der Waals surface area (Å²) in [7, 11) is 0. The summed E-state index contributed by atoms with van der Waals surface area (Å²) in [6, 6.07) is 10.4. The molecule has 0 bridgehead atoms. The number of hydrogen-bond acceptors (Lipinski definition) is 5. The molecule has 0 aliphatic carbocycles. The van der Waals surface area contributed by atoms with Crippen molar-refractivity contribution in [3.8, 4) is 11.5 Å². The van der Waals surface area contributed by atoms with Gasteiger partial charge in [-0.15, -0.1) is 0 Å². The van der Waals surface area contributed by atoms with Crippen molar-refractivity contribution in [3.63, 3.8) is 0 Å². The molecule has 0 aliphatic heterocycles. The van der Waals surface area contributed by atoms with E-state index in [-0.39, 0.29) is 18.0 Å². The third-order valence-corrected chi connectivity index (χ3v) is 6.01. The van der Waals surface area contributed by atoms with Crippen LogP contribution in [0.1, 0.15) is 118 Å². The Morgan fingerprint density at radius 1 is 0.686 bits per heavy atom. The zero-order valence-corrected chi connectivity index (χ0v) is 21.7. The lowest BCUT2D eigenvalue weighted by molar-refractivity contribution is 0.0890. The molecule has 5 nitrogen and oxygen atoms in total. The molecule has 2 aromatic rings. The van der Waals surface area contributed by atoms with Gasteiger partial charge in [-0.3, -0.25) is 14.6 Å². The second-order valence-corrected chi connectivity index (χ2v) is 9.16. The van der Waals surface area contributed by atoms with Crippen LogP contribution in [0.4, 0.5) is 0 Å². The molecular formula is C30H43NO4. The van der Waals surface area contributed by atoms with Crippen molar-refractivity contribution >= 4 is 11.6 Å². The van der Waals surface area contributed by atoms with Gasteiger partial charge in [0.25, 0.3) is 0 Å². The molecule has 0 fully saturated rings. The molecule has 5 heteroatoms. The topological polar surface area (TPSA) is 65.5 Å². The van der Waals surface area contributed by atoms with Crippen molar-refractivity contribution in [2.75, 3.05) is 13.2 Å². The second-order valence-electron chi connectivity index (χ2n) is 9.16. The van der Waals surface area contributed by atoms with Crippen LogP contribution in [0.5, 0.6) is 11.5 Å². The fourth-order valence-corrected chi connectivity index (χ4v) is 3.91. The molecule has 0 aliphatic rings. The molecule has 1 heterocycles. The Bertz CT molecular complexity index is 830. The number of pyridine rings is 1. The summed E-state index contributed by atoms with van der Waals surface area (Å²) in [6.45, 7) is 5.64. The van der Waals surface area contributed by atoms with Crippen molar-refractivity contribution in [3.05, 3.63) is 53.9 Å². The standard InChI is InChI=1S/C30H43NO4/c1-3-5-7-9-11-15-19-34-26-21-25(29(32)24-30(33)28-17-13-14-18-31-28)22-27(23-26)35-20-16-12-10-8-6-4-2/h13-14,17-18,21-23H,3-12,15-16,19-20,24H2,1-2H3. The molecule has 0 saturated heterocycles. The molecule has 0 saturated carbocycles. The van der Waals surface area contributed by atoms with Crippen LogP contribution in [-0.2, 0) is 0 Å². The summed E-state index contributed by atoms with van der Waals surface area (Å²) in [5.74, 6) is 0.693. The minimum absolute atomic E-state index is 0.227. The van der Waals surface area contributed by atoms with Crippen LogP contribution in [0.15, 0.2) is 42.6 Å². The highest BCUT2D eigenvalue weighted by atomic mass is 16.5. The van der Waals surface area contributed by atoms with Crippen molar-refractivity contribution in [2.45, 2.75) is 97.3 Å². The maximum absolute atomic E-state index is 12.9. The monoisotopic (exact) mass is 481 g/mol. The number of aromatic nitrogens is 1. The van der Waals surface area contributed by atoms with E-state index < -0.39 is 0 Å². The Morgan fingerprint density at radius 2 is 1.23 bits per heavy atom. The molecule has 0 radical (unpaired) electrons. The van der Waals surface area contributed by atoms with E-state index in [1.165, 1.54) is 51.4 Å². The Labute approximate surface area is 211 Å². The smallest absolute Gasteiger partial charge is 0.188 e. The first-order valence-corrected chi connectivity index (χ1v) is 13.5. The molecular weight excluding hydrogens is 438 g/mol. The number of carbonyl (C=O) groups is 2. The molecule has 1 aromatic carbocycles. The van der Waals surface area contributed by atoms with Gasteiger partial charge in [0, 0.05) is 17.8 Å². The van der Waals surface area contributed by atoms with Gasteiger partial charge in [-0.1, -0.05) is 84.1 Å². The predicted octanol–water partition coefficient (Wildman–Crippen LogP) is 8.02. The predicted molar refractivity (Wildman–Crippen MR) is 142 cm³/mol. The maximum atomic E-state index is 12.9.